The molecule has 0 aromatic rings. The number of rotatable bonds is 45. The van der Waals surface area contributed by atoms with Crippen LogP contribution in [-0.2, 0) is 4.79 Å². The van der Waals surface area contributed by atoms with Gasteiger partial charge in [-0.1, -0.05) is 237 Å². The van der Waals surface area contributed by atoms with E-state index in [1.807, 2.05) is 6.08 Å². The van der Waals surface area contributed by atoms with Crippen LogP contribution in [0.2, 0.25) is 0 Å². The summed E-state index contributed by atoms with van der Waals surface area (Å²) in [6, 6.07) is -0.655. The zero-order valence-electron chi connectivity index (χ0n) is 40.8. The number of carbonyl (C=O) groups is 1. The van der Waals surface area contributed by atoms with Crippen LogP contribution in [0.4, 0.5) is 0 Å². The Kier molecular flexibility index (Phi) is 50.0. The molecule has 0 aliphatic heterocycles. The number of allylic oxidation sites excluding steroid dienone is 21. The lowest BCUT2D eigenvalue weighted by molar-refractivity contribution is -0.123. The van der Waals surface area contributed by atoms with Crippen LogP contribution >= 0.6 is 0 Å². The van der Waals surface area contributed by atoms with Crippen LogP contribution < -0.4 is 5.32 Å². The predicted molar refractivity (Wildman–Crippen MR) is 280 cm³/mol. The molecule has 0 rings (SSSR count). The summed E-state index contributed by atoms with van der Waals surface area (Å²) < 4.78 is 0. The van der Waals surface area contributed by atoms with Gasteiger partial charge in [0, 0.05) is 6.42 Å². The van der Waals surface area contributed by atoms with E-state index in [0.29, 0.717) is 6.42 Å². The number of hydrogen-bond donors (Lipinski definition) is 3. The van der Waals surface area contributed by atoms with Crippen molar-refractivity contribution >= 4 is 5.91 Å². The highest BCUT2D eigenvalue weighted by atomic mass is 16.3. The molecule has 0 aromatic heterocycles. The van der Waals surface area contributed by atoms with Crippen molar-refractivity contribution in [2.75, 3.05) is 6.61 Å². The predicted octanol–water partition coefficient (Wildman–Crippen LogP) is 17.1. The number of nitrogens with one attached hydrogen (secondary N) is 1. The second-order valence-electron chi connectivity index (χ2n) is 16.8. The van der Waals surface area contributed by atoms with Gasteiger partial charge in [-0.3, -0.25) is 4.79 Å². The van der Waals surface area contributed by atoms with Crippen molar-refractivity contribution in [3.8, 4) is 0 Å². The van der Waals surface area contributed by atoms with Crippen molar-refractivity contribution in [2.45, 2.75) is 225 Å². The molecule has 0 aliphatic rings. The van der Waals surface area contributed by atoms with E-state index in [-0.39, 0.29) is 12.5 Å². The van der Waals surface area contributed by atoms with E-state index in [2.05, 4.69) is 141 Å². The highest BCUT2D eigenvalue weighted by molar-refractivity contribution is 5.76. The van der Waals surface area contributed by atoms with Gasteiger partial charge in [0.05, 0.1) is 18.8 Å². The first kappa shape index (κ1) is 59.5. The Morgan fingerprint density at radius 1 is 0.397 bits per heavy atom. The minimum Gasteiger partial charge on any atom is -0.394 e. The summed E-state index contributed by atoms with van der Waals surface area (Å²) in [5.41, 5.74) is 0. The molecule has 2 unspecified atom stereocenters. The molecule has 0 aromatic carbocycles. The number of carbonyl (C=O) groups excluding carboxylic acids is 1. The standard InChI is InChI=1S/C59H97NO3/c1-3-5-7-9-11-13-15-17-19-21-22-23-24-25-26-27-28-29-30-31-32-33-34-35-36-37-38-39-41-43-45-47-49-51-53-55-59(63)60-57(56-61)58(62)54-52-50-48-46-44-42-40-20-18-16-14-12-10-8-6-4-2/h5,7,11,13,17,19,22-23,25-26,28-29,31-32,34-35,37-38,44,46,52,54,57-58,61-62H,3-4,6,8-10,12,14-16,18,20-21,24,27,30,33,36,39-43,45,47-51,53,55-56H2,1-2H3,(H,60,63)/b7-5-,13-11-,19-17-,23-22-,26-25-,29-28-,32-31-,35-34-,38-37-,46-44+,54-52+. The van der Waals surface area contributed by atoms with Crippen molar-refractivity contribution in [1.29, 1.82) is 0 Å². The molecule has 0 aliphatic carbocycles. The highest BCUT2D eigenvalue weighted by Gasteiger charge is 2.17. The van der Waals surface area contributed by atoms with Crippen LogP contribution in [0, 0.1) is 0 Å². The van der Waals surface area contributed by atoms with Gasteiger partial charge in [0.2, 0.25) is 5.91 Å². The molecule has 0 heterocycles. The Morgan fingerprint density at radius 2 is 0.714 bits per heavy atom. The lowest BCUT2D eigenvalue weighted by Crippen LogP contribution is -2.45. The highest BCUT2D eigenvalue weighted by Crippen LogP contribution is 2.13. The van der Waals surface area contributed by atoms with E-state index in [4.69, 9.17) is 0 Å². The summed E-state index contributed by atoms with van der Waals surface area (Å²) >= 11 is 0. The first-order valence-corrected chi connectivity index (χ1v) is 25.9. The topological polar surface area (TPSA) is 69.6 Å². The van der Waals surface area contributed by atoms with Crippen LogP contribution in [0.5, 0.6) is 0 Å². The van der Waals surface area contributed by atoms with E-state index >= 15 is 0 Å². The fourth-order valence-corrected chi connectivity index (χ4v) is 6.95. The molecular formula is C59H97NO3. The van der Waals surface area contributed by atoms with Crippen molar-refractivity contribution in [3.63, 3.8) is 0 Å². The molecular weight excluding hydrogens is 771 g/mol. The summed E-state index contributed by atoms with van der Waals surface area (Å²) in [6.45, 7) is 4.16. The third kappa shape index (κ3) is 49.4. The van der Waals surface area contributed by atoms with Crippen LogP contribution in [0.1, 0.15) is 213 Å². The third-order valence-electron chi connectivity index (χ3n) is 10.9. The molecule has 63 heavy (non-hydrogen) atoms. The molecule has 0 saturated carbocycles. The van der Waals surface area contributed by atoms with Gasteiger partial charge < -0.3 is 15.5 Å². The maximum Gasteiger partial charge on any atom is 0.220 e. The van der Waals surface area contributed by atoms with Gasteiger partial charge in [-0.25, -0.2) is 0 Å². The minimum atomic E-state index is -0.876. The summed E-state index contributed by atoms with van der Waals surface area (Å²) in [5.74, 6) is -0.0913. The monoisotopic (exact) mass is 868 g/mol. The largest absolute Gasteiger partial charge is 0.394 e. The zero-order valence-corrected chi connectivity index (χ0v) is 40.8. The SMILES string of the molecule is CC/C=C\C/C=C\C/C=C\C/C=C\C/C=C\C/C=C\C/C=C\C/C=C\C/C=C\CCCCCCCCCC(=O)NC(CO)C(O)/C=C/CC/C=C/CCCCCCCCCCCC. The van der Waals surface area contributed by atoms with Gasteiger partial charge in [-0.05, 0) is 103 Å². The van der Waals surface area contributed by atoms with Crippen molar-refractivity contribution < 1.29 is 15.0 Å². The smallest absolute Gasteiger partial charge is 0.220 e. The number of aliphatic hydroxyl groups excluding tert-OH is 2. The van der Waals surface area contributed by atoms with Gasteiger partial charge >= 0.3 is 0 Å². The Hall–Kier alpha value is -3.47. The lowest BCUT2D eigenvalue weighted by atomic mass is 10.1. The molecule has 4 nitrogen and oxygen atoms in total. The number of aliphatic hydroxyl groups is 2. The van der Waals surface area contributed by atoms with E-state index in [1.165, 1.54) is 89.9 Å². The minimum absolute atomic E-state index is 0.0913. The molecule has 356 valence electrons. The van der Waals surface area contributed by atoms with Crippen LogP contribution in [0.25, 0.3) is 0 Å². The molecule has 1 amide bonds. The van der Waals surface area contributed by atoms with E-state index in [0.717, 1.165) is 103 Å². The Morgan fingerprint density at radius 3 is 1.11 bits per heavy atom. The first-order valence-electron chi connectivity index (χ1n) is 25.9. The van der Waals surface area contributed by atoms with E-state index < -0.39 is 12.1 Å². The van der Waals surface area contributed by atoms with Crippen molar-refractivity contribution in [3.05, 3.63) is 134 Å². The lowest BCUT2D eigenvalue weighted by Gasteiger charge is -2.19. The molecule has 0 saturated heterocycles. The molecule has 3 N–H and O–H groups in total. The Balaban J connectivity index is 3.69. The molecule has 4 heteroatoms. The van der Waals surface area contributed by atoms with Gasteiger partial charge in [0.1, 0.15) is 0 Å². The summed E-state index contributed by atoms with van der Waals surface area (Å²) in [6.07, 6.45) is 82.9. The van der Waals surface area contributed by atoms with Gasteiger partial charge in [0.15, 0.2) is 0 Å². The van der Waals surface area contributed by atoms with Gasteiger partial charge in [0.25, 0.3) is 0 Å². The zero-order chi connectivity index (χ0) is 45.6. The molecule has 0 spiro atoms. The summed E-state index contributed by atoms with van der Waals surface area (Å²) in [7, 11) is 0. The average Bonchev–Trinajstić information content (AvgIpc) is 3.29. The average molecular weight is 868 g/mol. The summed E-state index contributed by atoms with van der Waals surface area (Å²) in [5, 5.41) is 23.0. The second-order valence-corrected chi connectivity index (χ2v) is 16.8. The van der Waals surface area contributed by atoms with Crippen LogP contribution in [0.15, 0.2) is 134 Å². The first-order chi connectivity index (χ1) is 31.2. The van der Waals surface area contributed by atoms with Gasteiger partial charge in [-0.15, -0.1) is 0 Å². The van der Waals surface area contributed by atoms with Crippen LogP contribution in [-0.4, -0.2) is 34.9 Å². The molecule has 0 radical (unpaired) electrons. The fourth-order valence-electron chi connectivity index (χ4n) is 6.95. The number of unbranched alkanes of at least 4 members (excludes halogenated alkanes) is 18. The molecule has 0 fully saturated rings. The fraction of sp³-hybridized carbons (Fsp3) is 0.610. The maximum absolute atomic E-state index is 12.4. The van der Waals surface area contributed by atoms with E-state index in [9.17, 15) is 15.0 Å². The van der Waals surface area contributed by atoms with E-state index in [1.54, 1.807) is 6.08 Å². The molecule has 0 bridgehead atoms. The summed E-state index contributed by atoms with van der Waals surface area (Å²) in [4.78, 5) is 12.4. The Labute approximate surface area is 390 Å². The Bertz CT molecular complexity index is 1310. The second kappa shape index (κ2) is 52.9. The normalized spacial score (nSPS) is 14.0. The maximum atomic E-state index is 12.4. The number of amides is 1. The van der Waals surface area contributed by atoms with Crippen LogP contribution in [0.3, 0.4) is 0 Å². The number of hydrogen-bond acceptors (Lipinski definition) is 3. The molecule has 2 atom stereocenters. The quantitative estimate of drug-likeness (QED) is 0.0422. The third-order valence-corrected chi connectivity index (χ3v) is 10.9. The van der Waals surface area contributed by atoms with Gasteiger partial charge in [-0.2, -0.15) is 0 Å². The van der Waals surface area contributed by atoms with Crippen molar-refractivity contribution in [1.82, 2.24) is 5.32 Å². The van der Waals surface area contributed by atoms with Crippen molar-refractivity contribution in [2.24, 2.45) is 0 Å².